The highest BCUT2D eigenvalue weighted by Crippen LogP contribution is 2.46. The zero-order valence-corrected chi connectivity index (χ0v) is 20.5. The third-order valence-electron chi connectivity index (χ3n) is 7.29. The molecule has 2 fully saturated rings. The van der Waals surface area contributed by atoms with Gasteiger partial charge in [0.05, 0.1) is 11.6 Å². The van der Waals surface area contributed by atoms with Gasteiger partial charge >= 0.3 is 6.09 Å². The molecule has 0 radical (unpaired) electrons. The van der Waals surface area contributed by atoms with E-state index >= 15 is 0 Å². The van der Waals surface area contributed by atoms with E-state index in [1.807, 2.05) is 49.2 Å². The number of nitrogens with one attached hydrogen (secondary N) is 1. The van der Waals surface area contributed by atoms with Crippen LogP contribution in [0.4, 0.5) is 10.6 Å². The van der Waals surface area contributed by atoms with Gasteiger partial charge in [0.2, 0.25) is 0 Å². The van der Waals surface area contributed by atoms with Crippen molar-refractivity contribution in [2.45, 2.75) is 63.1 Å². The number of benzene rings is 1. The maximum atomic E-state index is 13.0. The molecule has 9 nitrogen and oxygen atoms in total. The Hall–Kier alpha value is -4.01. The van der Waals surface area contributed by atoms with E-state index in [0.717, 1.165) is 36.8 Å². The SMILES string of the molecule is CC1(C)OC(=O)N([C@H]2CC[C@H](c3cnc(N)c(-c4nccc(C(=N)N)n4)c3)CC2)[C@H]1c1ccccc1. The summed E-state index contributed by atoms with van der Waals surface area (Å²) in [6.07, 6.45) is 6.71. The van der Waals surface area contributed by atoms with Crippen molar-refractivity contribution in [3.63, 3.8) is 0 Å². The van der Waals surface area contributed by atoms with Crippen LogP contribution in [0, 0.1) is 5.41 Å². The van der Waals surface area contributed by atoms with Crippen molar-refractivity contribution < 1.29 is 9.53 Å². The number of hydrogen-bond acceptors (Lipinski definition) is 7. The van der Waals surface area contributed by atoms with Gasteiger partial charge in [0.15, 0.2) is 5.82 Å². The normalized spacial score (nSPS) is 23.3. The molecule has 3 heterocycles. The summed E-state index contributed by atoms with van der Waals surface area (Å²) in [7, 11) is 0. The number of rotatable bonds is 5. The summed E-state index contributed by atoms with van der Waals surface area (Å²) >= 11 is 0. The third kappa shape index (κ3) is 4.36. The summed E-state index contributed by atoms with van der Waals surface area (Å²) in [6.45, 7) is 3.97. The number of amidine groups is 1. The summed E-state index contributed by atoms with van der Waals surface area (Å²) < 4.78 is 5.82. The molecule has 1 amide bonds. The van der Waals surface area contributed by atoms with Crippen LogP contribution in [-0.2, 0) is 4.74 Å². The van der Waals surface area contributed by atoms with Gasteiger partial charge in [-0.2, -0.15) is 0 Å². The third-order valence-corrected chi connectivity index (χ3v) is 7.29. The second-order valence-electron chi connectivity index (χ2n) is 10.1. The molecule has 5 rings (SSSR count). The van der Waals surface area contributed by atoms with Crippen molar-refractivity contribution >= 4 is 17.7 Å². The standard InChI is InChI=1S/C27H31N7O2/c1-27(2)22(17-6-4-3-5-7-17)34(26(35)36-27)19-10-8-16(9-11-19)18-14-20(24(30)32-15-18)25-31-13-12-21(33-25)23(28)29/h3-7,12-16,19,22H,8-11H2,1-2H3,(H3,28,29)(H2,30,32)/t16-,19-,22-/m0/s1. The molecule has 1 aromatic carbocycles. The minimum atomic E-state index is -0.598. The number of nitrogens with two attached hydrogens (primary N) is 2. The first kappa shape index (κ1) is 23.7. The zero-order chi connectivity index (χ0) is 25.4. The number of pyridine rings is 1. The first-order chi connectivity index (χ1) is 17.2. The Bertz CT molecular complexity index is 1290. The number of anilines is 1. The lowest BCUT2D eigenvalue weighted by Crippen LogP contribution is -2.42. The van der Waals surface area contributed by atoms with Gasteiger partial charge in [-0.05, 0) is 68.7 Å². The number of cyclic esters (lactones) is 1. The molecule has 0 spiro atoms. The fourth-order valence-corrected chi connectivity index (χ4v) is 5.55. The summed E-state index contributed by atoms with van der Waals surface area (Å²) in [5.74, 6) is 0.889. The molecule has 0 unspecified atom stereocenters. The van der Waals surface area contributed by atoms with Crippen LogP contribution in [0.1, 0.15) is 68.3 Å². The molecule has 2 aliphatic rings. The van der Waals surface area contributed by atoms with Crippen molar-refractivity contribution in [1.82, 2.24) is 19.9 Å². The molecule has 186 valence electrons. The maximum Gasteiger partial charge on any atom is 0.411 e. The molecule has 1 atom stereocenters. The predicted octanol–water partition coefficient (Wildman–Crippen LogP) is 4.40. The molecule has 9 heteroatoms. The Kier molecular flexibility index (Phi) is 6.07. The highest BCUT2D eigenvalue weighted by atomic mass is 16.6. The topological polar surface area (TPSA) is 144 Å². The van der Waals surface area contributed by atoms with Gasteiger partial charge in [0.25, 0.3) is 0 Å². The fraction of sp³-hybridized carbons (Fsp3) is 0.370. The first-order valence-electron chi connectivity index (χ1n) is 12.2. The van der Waals surface area contributed by atoms with Crippen molar-refractivity contribution in [3.8, 4) is 11.4 Å². The van der Waals surface area contributed by atoms with E-state index in [9.17, 15) is 4.79 Å². The number of hydrogen-bond donors (Lipinski definition) is 3. The Morgan fingerprint density at radius 3 is 2.50 bits per heavy atom. The Labute approximate surface area is 210 Å². The summed E-state index contributed by atoms with van der Waals surface area (Å²) in [6, 6.07) is 13.7. The van der Waals surface area contributed by atoms with Crippen LogP contribution in [0.3, 0.4) is 0 Å². The minimum absolute atomic E-state index is 0.109. The van der Waals surface area contributed by atoms with Gasteiger partial charge in [-0.3, -0.25) is 10.3 Å². The van der Waals surface area contributed by atoms with E-state index in [1.54, 1.807) is 12.3 Å². The van der Waals surface area contributed by atoms with E-state index < -0.39 is 5.60 Å². The van der Waals surface area contributed by atoms with Gasteiger partial charge in [-0.15, -0.1) is 0 Å². The van der Waals surface area contributed by atoms with Crippen molar-refractivity contribution in [2.24, 2.45) is 5.73 Å². The lowest BCUT2D eigenvalue weighted by molar-refractivity contribution is 0.0664. The van der Waals surface area contributed by atoms with Crippen LogP contribution in [0.15, 0.2) is 54.9 Å². The second-order valence-corrected chi connectivity index (χ2v) is 10.1. The molecule has 1 aliphatic carbocycles. The van der Waals surface area contributed by atoms with Gasteiger partial charge in [0, 0.05) is 18.4 Å². The molecule has 0 bridgehead atoms. The molecule has 36 heavy (non-hydrogen) atoms. The van der Waals surface area contributed by atoms with E-state index in [4.69, 9.17) is 21.6 Å². The molecule has 1 aliphatic heterocycles. The summed E-state index contributed by atoms with van der Waals surface area (Å²) in [5, 5.41) is 7.65. The smallest absolute Gasteiger partial charge is 0.411 e. The van der Waals surface area contributed by atoms with Crippen LogP contribution in [-0.4, -0.2) is 43.4 Å². The lowest BCUT2D eigenvalue weighted by Gasteiger charge is -2.38. The highest BCUT2D eigenvalue weighted by Gasteiger charge is 2.51. The van der Waals surface area contributed by atoms with Crippen molar-refractivity contribution in [1.29, 1.82) is 5.41 Å². The molecule has 3 aromatic rings. The van der Waals surface area contributed by atoms with Gasteiger partial charge in [-0.25, -0.2) is 19.7 Å². The number of nitrogens with zero attached hydrogens (tertiary/aromatic N) is 4. The van der Waals surface area contributed by atoms with Gasteiger partial charge in [0.1, 0.15) is 22.9 Å². The monoisotopic (exact) mass is 485 g/mol. The average molecular weight is 486 g/mol. The fourth-order valence-electron chi connectivity index (χ4n) is 5.55. The molecule has 1 saturated heterocycles. The average Bonchev–Trinajstić information content (AvgIpc) is 3.13. The van der Waals surface area contributed by atoms with Crippen LogP contribution < -0.4 is 11.5 Å². The largest absolute Gasteiger partial charge is 0.441 e. The number of aromatic nitrogens is 3. The molecule has 1 saturated carbocycles. The van der Waals surface area contributed by atoms with E-state index in [0.29, 0.717) is 22.9 Å². The quantitative estimate of drug-likeness (QED) is 0.359. The minimum Gasteiger partial charge on any atom is -0.441 e. The molecular weight excluding hydrogens is 454 g/mol. The number of amides is 1. The molecule has 2 aromatic heterocycles. The summed E-state index contributed by atoms with van der Waals surface area (Å²) in [4.78, 5) is 28.0. The van der Waals surface area contributed by atoms with Gasteiger partial charge < -0.3 is 16.2 Å². The Morgan fingerprint density at radius 2 is 1.81 bits per heavy atom. The molecule has 5 N–H and O–H groups in total. The molecular formula is C27H31N7O2. The Morgan fingerprint density at radius 1 is 1.08 bits per heavy atom. The van der Waals surface area contributed by atoms with Crippen molar-refractivity contribution in [3.05, 3.63) is 71.7 Å². The van der Waals surface area contributed by atoms with E-state index in [2.05, 4.69) is 27.1 Å². The Balaban J connectivity index is 1.35. The van der Waals surface area contributed by atoms with Crippen LogP contribution in [0.2, 0.25) is 0 Å². The van der Waals surface area contributed by atoms with E-state index in [1.165, 1.54) is 0 Å². The van der Waals surface area contributed by atoms with Crippen LogP contribution in [0.25, 0.3) is 11.4 Å². The zero-order valence-electron chi connectivity index (χ0n) is 20.5. The highest BCUT2D eigenvalue weighted by molar-refractivity contribution is 5.93. The maximum absolute atomic E-state index is 13.0. The second kappa shape index (κ2) is 9.22. The predicted molar refractivity (Wildman–Crippen MR) is 137 cm³/mol. The summed E-state index contributed by atoms with van der Waals surface area (Å²) in [5.41, 5.74) is 14.3. The lowest BCUT2D eigenvalue weighted by atomic mass is 9.80. The number of carbonyl (C=O) groups excluding carboxylic acids is 1. The number of nitrogen functional groups attached to an aromatic ring is 2. The number of ether oxygens (including phenoxy) is 1. The number of carbonyl (C=O) groups is 1. The van der Waals surface area contributed by atoms with Crippen LogP contribution >= 0.6 is 0 Å². The first-order valence-corrected chi connectivity index (χ1v) is 12.2. The van der Waals surface area contributed by atoms with E-state index in [-0.39, 0.29) is 29.9 Å². The van der Waals surface area contributed by atoms with Gasteiger partial charge in [-0.1, -0.05) is 30.3 Å². The van der Waals surface area contributed by atoms with Crippen LogP contribution in [0.5, 0.6) is 0 Å². The van der Waals surface area contributed by atoms with Crippen molar-refractivity contribution in [2.75, 3.05) is 5.73 Å².